The Morgan fingerprint density at radius 2 is 1.19 bits per heavy atom. The predicted octanol–water partition coefficient (Wildman–Crippen LogP) is 8.34. The molecule has 3 fully saturated rings. The van der Waals surface area contributed by atoms with Gasteiger partial charge >= 0.3 is 0 Å². The van der Waals surface area contributed by atoms with Crippen molar-refractivity contribution in [3.05, 3.63) is 18.2 Å². The summed E-state index contributed by atoms with van der Waals surface area (Å²) in [4.78, 5) is 9.22. The Morgan fingerprint density at radius 1 is 0.688 bits per heavy atom. The van der Waals surface area contributed by atoms with E-state index in [0.717, 1.165) is 41.2 Å². The minimum Gasteiger partial charge on any atom is -0.491 e. The van der Waals surface area contributed by atoms with Gasteiger partial charge in [0.05, 0.1) is 19.0 Å². The highest BCUT2D eigenvalue weighted by Gasteiger charge is 2.35. The zero-order valence-electron chi connectivity index (χ0n) is 20.9. The zero-order chi connectivity index (χ0) is 22.2. The molecule has 3 nitrogen and oxygen atoms in total. The van der Waals surface area contributed by atoms with Crippen molar-refractivity contribution < 1.29 is 4.74 Å². The lowest BCUT2D eigenvalue weighted by atomic mass is 9.65. The summed E-state index contributed by atoms with van der Waals surface area (Å²) in [6, 6.07) is 0. The molecule has 3 saturated carbocycles. The van der Waals surface area contributed by atoms with E-state index in [-0.39, 0.29) is 0 Å². The highest BCUT2D eigenvalue weighted by Crippen LogP contribution is 2.47. The monoisotopic (exact) mass is 440 g/mol. The summed E-state index contributed by atoms with van der Waals surface area (Å²) in [6.07, 6.45) is 27.1. The first kappa shape index (κ1) is 24.0. The van der Waals surface area contributed by atoms with Gasteiger partial charge in [-0.25, -0.2) is 9.97 Å². The molecule has 0 N–H and O–H groups in total. The molecule has 0 bridgehead atoms. The lowest BCUT2D eigenvalue weighted by molar-refractivity contribution is 0.108. The Balaban J connectivity index is 1.15. The molecule has 1 aromatic rings. The molecule has 0 aliphatic heterocycles. The SMILES string of the molecule is CCCCC[C@H]1CC[C@H]([C@H]2CC[C@H]([C@H]3CC[C@H](c4ncc(OCC)cn4)CC3)CC2)CC1. The number of hydrogen-bond donors (Lipinski definition) is 0. The van der Waals surface area contributed by atoms with Crippen LogP contribution < -0.4 is 4.74 Å². The van der Waals surface area contributed by atoms with E-state index < -0.39 is 0 Å². The average Bonchev–Trinajstić information content (AvgIpc) is 2.86. The third-order valence-electron chi connectivity index (χ3n) is 9.35. The molecule has 1 heterocycles. The molecule has 0 amide bonds. The first-order valence-corrected chi connectivity index (χ1v) is 14.2. The lowest BCUT2D eigenvalue weighted by Crippen LogP contribution is -2.29. The van der Waals surface area contributed by atoms with Gasteiger partial charge in [-0.05, 0) is 101 Å². The van der Waals surface area contributed by atoms with Crippen molar-refractivity contribution in [3.63, 3.8) is 0 Å². The smallest absolute Gasteiger partial charge is 0.155 e. The van der Waals surface area contributed by atoms with E-state index >= 15 is 0 Å². The maximum absolute atomic E-state index is 5.50. The molecule has 0 saturated heterocycles. The predicted molar refractivity (Wildman–Crippen MR) is 133 cm³/mol. The number of nitrogens with zero attached hydrogens (tertiary/aromatic N) is 2. The Kier molecular flexibility index (Phi) is 9.29. The van der Waals surface area contributed by atoms with Crippen LogP contribution in [0.1, 0.15) is 128 Å². The highest BCUT2D eigenvalue weighted by molar-refractivity contribution is 5.14. The van der Waals surface area contributed by atoms with Crippen molar-refractivity contribution in [2.24, 2.45) is 29.6 Å². The van der Waals surface area contributed by atoms with E-state index in [1.807, 2.05) is 19.3 Å². The van der Waals surface area contributed by atoms with Gasteiger partial charge < -0.3 is 4.74 Å². The molecule has 0 unspecified atom stereocenters. The van der Waals surface area contributed by atoms with Crippen LogP contribution >= 0.6 is 0 Å². The van der Waals surface area contributed by atoms with E-state index in [4.69, 9.17) is 4.74 Å². The second-order valence-corrected chi connectivity index (χ2v) is 11.3. The van der Waals surface area contributed by atoms with Crippen LogP contribution in [0.2, 0.25) is 0 Å². The first-order chi connectivity index (χ1) is 15.8. The first-order valence-electron chi connectivity index (χ1n) is 14.2. The summed E-state index contributed by atoms with van der Waals surface area (Å²) >= 11 is 0. The summed E-state index contributed by atoms with van der Waals surface area (Å²) in [5.41, 5.74) is 0. The van der Waals surface area contributed by atoms with E-state index in [1.54, 1.807) is 12.8 Å². The number of ether oxygens (including phenoxy) is 1. The standard InChI is InChI=1S/C29H48N2O/c1-3-5-6-7-22-8-10-23(11-9-22)24-12-14-25(15-13-24)26-16-18-27(19-17-26)29-30-20-28(21-31-29)32-4-2/h20-27H,3-19H2,1-2H3/t22-,23-,24-,25-,26-,27-. The molecule has 0 aromatic carbocycles. The Morgan fingerprint density at radius 3 is 1.69 bits per heavy atom. The number of hydrogen-bond acceptors (Lipinski definition) is 3. The molecule has 0 radical (unpaired) electrons. The van der Waals surface area contributed by atoms with Crippen molar-refractivity contribution in [2.75, 3.05) is 6.61 Å². The van der Waals surface area contributed by atoms with Crippen LogP contribution in [0.25, 0.3) is 0 Å². The van der Waals surface area contributed by atoms with Gasteiger partial charge in [0.2, 0.25) is 0 Å². The molecule has 3 aliphatic rings. The van der Waals surface area contributed by atoms with Crippen molar-refractivity contribution >= 4 is 0 Å². The van der Waals surface area contributed by atoms with Crippen molar-refractivity contribution in [1.29, 1.82) is 0 Å². The fourth-order valence-electron chi connectivity index (χ4n) is 7.35. The van der Waals surface area contributed by atoms with Crippen molar-refractivity contribution in [1.82, 2.24) is 9.97 Å². The maximum atomic E-state index is 5.50. The minimum atomic E-state index is 0.561. The second kappa shape index (κ2) is 12.4. The summed E-state index contributed by atoms with van der Waals surface area (Å²) in [5, 5.41) is 0. The van der Waals surface area contributed by atoms with E-state index in [0.29, 0.717) is 12.5 Å². The number of unbranched alkanes of at least 4 members (excludes halogenated alkanes) is 2. The fraction of sp³-hybridized carbons (Fsp3) is 0.862. The summed E-state index contributed by atoms with van der Waals surface area (Å²) in [5.74, 6) is 7.53. The average molecular weight is 441 g/mol. The Labute approximate surface area is 197 Å². The molecule has 1 aromatic heterocycles. The van der Waals surface area contributed by atoms with Crippen LogP contribution in [0, 0.1) is 29.6 Å². The van der Waals surface area contributed by atoms with Crippen LogP contribution in [0.15, 0.2) is 12.4 Å². The van der Waals surface area contributed by atoms with Gasteiger partial charge in [0, 0.05) is 5.92 Å². The van der Waals surface area contributed by atoms with Gasteiger partial charge in [0.1, 0.15) is 5.82 Å². The van der Waals surface area contributed by atoms with Crippen molar-refractivity contribution in [3.8, 4) is 5.75 Å². The van der Waals surface area contributed by atoms with Gasteiger partial charge in [-0.2, -0.15) is 0 Å². The highest BCUT2D eigenvalue weighted by atomic mass is 16.5. The van der Waals surface area contributed by atoms with Crippen LogP contribution in [0.3, 0.4) is 0 Å². The Hall–Kier alpha value is -1.12. The van der Waals surface area contributed by atoms with Gasteiger partial charge in [-0.1, -0.05) is 45.4 Å². The van der Waals surface area contributed by atoms with E-state index in [1.165, 1.54) is 89.9 Å². The van der Waals surface area contributed by atoms with Crippen LogP contribution in [-0.2, 0) is 0 Å². The third kappa shape index (κ3) is 6.48. The lowest BCUT2D eigenvalue weighted by Gasteiger charge is -2.41. The second-order valence-electron chi connectivity index (χ2n) is 11.3. The van der Waals surface area contributed by atoms with E-state index in [9.17, 15) is 0 Å². The minimum absolute atomic E-state index is 0.561. The molecular formula is C29H48N2O. The molecular weight excluding hydrogens is 392 g/mol. The molecule has 3 heteroatoms. The van der Waals surface area contributed by atoms with Crippen LogP contribution in [0.4, 0.5) is 0 Å². The summed E-state index contributed by atoms with van der Waals surface area (Å²) in [7, 11) is 0. The molecule has 180 valence electrons. The molecule has 0 spiro atoms. The van der Waals surface area contributed by atoms with Crippen LogP contribution in [0.5, 0.6) is 5.75 Å². The molecule has 32 heavy (non-hydrogen) atoms. The van der Waals surface area contributed by atoms with E-state index in [2.05, 4.69) is 16.9 Å². The van der Waals surface area contributed by atoms with Crippen LogP contribution in [-0.4, -0.2) is 16.6 Å². The van der Waals surface area contributed by atoms with Gasteiger partial charge in [-0.3, -0.25) is 0 Å². The summed E-state index contributed by atoms with van der Waals surface area (Å²) in [6.45, 7) is 5.01. The maximum Gasteiger partial charge on any atom is 0.155 e. The van der Waals surface area contributed by atoms with Gasteiger partial charge in [0.25, 0.3) is 0 Å². The number of aromatic nitrogens is 2. The Bertz CT molecular complexity index is 636. The zero-order valence-corrected chi connectivity index (χ0v) is 20.9. The molecule has 3 aliphatic carbocycles. The van der Waals surface area contributed by atoms with Crippen molar-refractivity contribution in [2.45, 2.75) is 122 Å². The fourth-order valence-corrected chi connectivity index (χ4v) is 7.35. The topological polar surface area (TPSA) is 35.0 Å². The third-order valence-corrected chi connectivity index (χ3v) is 9.35. The van der Waals surface area contributed by atoms with Gasteiger partial charge in [-0.15, -0.1) is 0 Å². The molecule has 0 atom stereocenters. The largest absolute Gasteiger partial charge is 0.491 e. The normalized spacial score (nSPS) is 33.7. The summed E-state index contributed by atoms with van der Waals surface area (Å²) < 4.78 is 5.50. The molecule has 4 rings (SSSR count). The quantitative estimate of drug-likeness (QED) is 0.362. The number of rotatable bonds is 9. The van der Waals surface area contributed by atoms with Gasteiger partial charge in [0.15, 0.2) is 5.75 Å².